The molecule has 0 spiro atoms. The van der Waals surface area contributed by atoms with Gasteiger partial charge in [0.25, 0.3) is 0 Å². The smallest absolute Gasteiger partial charge is 0.224 e. The van der Waals surface area contributed by atoms with E-state index >= 15 is 0 Å². The first kappa shape index (κ1) is 15.0. The van der Waals surface area contributed by atoms with Crippen LogP contribution < -0.4 is 5.32 Å². The van der Waals surface area contributed by atoms with Crippen molar-refractivity contribution in [3.8, 4) is 0 Å². The predicted octanol–water partition coefficient (Wildman–Crippen LogP) is 4.34. The van der Waals surface area contributed by atoms with Crippen molar-refractivity contribution in [1.82, 2.24) is 4.98 Å². The third kappa shape index (κ3) is 5.50. The van der Waals surface area contributed by atoms with Crippen molar-refractivity contribution in [2.45, 2.75) is 52.4 Å². The summed E-state index contributed by atoms with van der Waals surface area (Å²) in [6.45, 7) is 4.10. The van der Waals surface area contributed by atoms with Gasteiger partial charge in [0.05, 0.1) is 5.69 Å². The minimum absolute atomic E-state index is 0.0146. The molecule has 1 N–H and O–H groups in total. The summed E-state index contributed by atoms with van der Waals surface area (Å²) >= 11 is 5.92. The number of hydrogen-bond acceptors (Lipinski definition) is 2. The molecule has 0 fully saturated rings. The molecule has 1 heterocycles. The molecular weight excluding hydrogens is 248 g/mol. The van der Waals surface area contributed by atoms with Crippen molar-refractivity contribution in [2.75, 3.05) is 5.32 Å². The van der Waals surface area contributed by atoms with Crippen LogP contribution in [0.3, 0.4) is 0 Å². The summed E-state index contributed by atoms with van der Waals surface area (Å²) in [5, 5.41) is 3.16. The number of carbonyl (C=O) groups excluding carboxylic acids is 1. The molecule has 0 unspecified atom stereocenters. The summed E-state index contributed by atoms with van der Waals surface area (Å²) in [6.07, 6.45) is 7.95. The second kappa shape index (κ2) is 8.09. The van der Waals surface area contributed by atoms with Crippen molar-refractivity contribution in [3.05, 3.63) is 23.0 Å². The Morgan fingerprint density at radius 1 is 1.33 bits per heavy atom. The van der Waals surface area contributed by atoms with E-state index in [1.54, 1.807) is 6.20 Å². The van der Waals surface area contributed by atoms with Crippen molar-refractivity contribution in [2.24, 2.45) is 0 Å². The maximum atomic E-state index is 11.7. The molecule has 0 aliphatic heterocycles. The number of nitrogens with one attached hydrogen (secondary N) is 1. The van der Waals surface area contributed by atoms with E-state index in [9.17, 15) is 4.79 Å². The van der Waals surface area contributed by atoms with Crippen LogP contribution in [0.5, 0.6) is 0 Å². The van der Waals surface area contributed by atoms with Crippen LogP contribution in [0.15, 0.2) is 12.3 Å². The summed E-state index contributed by atoms with van der Waals surface area (Å²) in [5.41, 5.74) is 1.59. The van der Waals surface area contributed by atoms with E-state index in [0.29, 0.717) is 17.3 Å². The fraction of sp³-hybridized carbons (Fsp3) is 0.571. The van der Waals surface area contributed by atoms with Crippen LogP contribution in [0.25, 0.3) is 0 Å². The Morgan fingerprint density at radius 2 is 2.06 bits per heavy atom. The number of pyridine rings is 1. The lowest BCUT2D eigenvalue weighted by atomic mass is 10.1. The molecule has 0 aliphatic carbocycles. The zero-order valence-electron chi connectivity index (χ0n) is 11.1. The van der Waals surface area contributed by atoms with Gasteiger partial charge in [-0.05, 0) is 25.0 Å². The number of anilines is 1. The molecule has 0 radical (unpaired) electrons. The summed E-state index contributed by atoms with van der Waals surface area (Å²) in [6, 6.07) is 1.84. The van der Waals surface area contributed by atoms with Gasteiger partial charge in [0, 0.05) is 12.6 Å². The molecule has 100 valence electrons. The second-order valence-electron chi connectivity index (χ2n) is 4.56. The largest absolute Gasteiger partial charge is 0.323 e. The highest BCUT2D eigenvalue weighted by atomic mass is 35.5. The summed E-state index contributed by atoms with van der Waals surface area (Å²) in [4.78, 5) is 15.7. The predicted molar refractivity (Wildman–Crippen MR) is 76.0 cm³/mol. The standard InChI is InChI=1S/C14H21ClN2O/c1-3-4-5-6-7-8-13(18)17-12-9-11(2)10-16-14(12)15/h9-10H,3-8H2,1-2H3,(H,17,18). The molecule has 0 atom stereocenters. The van der Waals surface area contributed by atoms with Gasteiger partial charge >= 0.3 is 0 Å². The lowest BCUT2D eigenvalue weighted by Crippen LogP contribution is -2.12. The molecule has 1 aromatic heterocycles. The van der Waals surface area contributed by atoms with Gasteiger partial charge in [-0.25, -0.2) is 4.98 Å². The number of hydrogen-bond donors (Lipinski definition) is 1. The van der Waals surface area contributed by atoms with Crippen molar-refractivity contribution >= 4 is 23.2 Å². The van der Waals surface area contributed by atoms with Crippen molar-refractivity contribution < 1.29 is 4.79 Å². The number of nitrogens with zero attached hydrogens (tertiary/aromatic N) is 1. The van der Waals surface area contributed by atoms with Crippen LogP contribution in [0.4, 0.5) is 5.69 Å². The second-order valence-corrected chi connectivity index (χ2v) is 4.92. The average Bonchev–Trinajstić information content (AvgIpc) is 2.33. The van der Waals surface area contributed by atoms with Crippen molar-refractivity contribution in [3.63, 3.8) is 0 Å². The topological polar surface area (TPSA) is 42.0 Å². The number of halogens is 1. The van der Waals surface area contributed by atoms with E-state index < -0.39 is 0 Å². The molecule has 1 rings (SSSR count). The number of aromatic nitrogens is 1. The molecule has 0 saturated heterocycles. The Kier molecular flexibility index (Phi) is 6.73. The monoisotopic (exact) mass is 268 g/mol. The highest BCUT2D eigenvalue weighted by molar-refractivity contribution is 6.32. The van der Waals surface area contributed by atoms with Gasteiger partial charge in [0.15, 0.2) is 5.15 Å². The van der Waals surface area contributed by atoms with E-state index in [4.69, 9.17) is 11.6 Å². The van der Waals surface area contributed by atoms with E-state index in [1.807, 2.05) is 13.0 Å². The molecule has 4 heteroatoms. The minimum atomic E-state index is 0.0146. The fourth-order valence-corrected chi connectivity index (χ4v) is 1.89. The molecule has 0 saturated carbocycles. The van der Waals surface area contributed by atoms with E-state index in [-0.39, 0.29) is 5.91 Å². The van der Waals surface area contributed by atoms with Crippen LogP contribution in [-0.2, 0) is 4.79 Å². The number of carbonyl (C=O) groups is 1. The van der Waals surface area contributed by atoms with E-state index in [1.165, 1.54) is 19.3 Å². The van der Waals surface area contributed by atoms with Gasteiger partial charge in [0.2, 0.25) is 5.91 Å². The first-order valence-corrected chi connectivity index (χ1v) is 6.93. The normalized spacial score (nSPS) is 10.4. The molecule has 0 aromatic carbocycles. The summed E-state index contributed by atoms with van der Waals surface area (Å²) in [5.74, 6) is 0.0146. The molecule has 1 aromatic rings. The molecule has 0 aliphatic rings. The Labute approximate surface area is 114 Å². The van der Waals surface area contributed by atoms with Crippen LogP contribution in [0, 0.1) is 6.92 Å². The quantitative estimate of drug-likeness (QED) is 0.590. The van der Waals surface area contributed by atoms with Crippen LogP contribution in [0.2, 0.25) is 5.15 Å². The maximum Gasteiger partial charge on any atom is 0.224 e. The number of aryl methyl sites for hydroxylation is 1. The third-order valence-corrected chi connectivity index (χ3v) is 3.06. The molecular formula is C14H21ClN2O. The molecule has 18 heavy (non-hydrogen) atoms. The lowest BCUT2D eigenvalue weighted by Gasteiger charge is -2.07. The average molecular weight is 269 g/mol. The Hall–Kier alpha value is -1.09. The number of unbranched alkanes of at least 4 members (excludes halogenated alkanes) is 4. The SMILES string of the molecule is CCCCCCCC(=O)Nc1cc(C)cnc1Cl. The third-order valence-electron chi connectivity index (χ3n) is 2.76. The van der Waals surface area contributed by atoms with Crippen LogP contribution >= 0.6 is 11.6 Å². The Morgan fingerprint density at radius 3 is 2.78 bits per heavy atom. The summed E-state index contributed by atoms with van der Waals surface area (Å²) in [7, 11) is 0. The number of amides is 1. The zero-order chi connectivity index (χ0) is 13.4. The van der Waals surface area contributed by atoms with Gasteiger partial charge in [0.1, 0.15) is 0 Å². The zero-order valence-corrected chi connectivity index (χ0v) is 11.9. The maximum absolute atomic E-state index is 11.7. The first-order chi connectivity index (χ1) is 8.63. The van der Waals surface area contributed by atoms with Gasteiger partial charge in [-0.1, -0.05) is 44.2 Å². The van der Waals surface area contributed by atoms with Gasteiger partial charge in [-0.15, -0.1) is 0 Å². The summed E-state index contributed by atoms with van der Waals surface area (Å²) < 4.78 is 0. The Balaban J connectivity index is 2.33. The first-order valence-electron chi connectivity index (χ1n) is 6.55. The van der Waals surface area contributed by atoms with Crippen molar-refractivity contribution in [1.29, 1.82) is 0 Å². The van der Waals surface area contributed by atoms with Gasteiger partial charge in [-0.2, -0.15) is 0 Å². The van der Waals surface area contributed by atoms with E-state index in [0.717, 1.165) is 18.4 Å². The van der Waals surface area contributed by atoms with Gasteiger partial charge in [-0.3, -0.25) is 4.79 Å². The molecule has 3 nitrogen and oxygen atoms in total. The highest BCUT2D eigenvalue weighted by Crippen LogP contribution is 2.20. The van der Waals surface area contributed by atoms with Crippen LogP contribution in [0.1, 0.15) is 51.0 Å². The molecule has 1 amide bonds. The minimum Gasteiger partial charge on any atom is -0.323 e. The molecule has 0 bridgehead atoms. The van der Waals surface area contributed by atoms with E-state index in [2.05, 4.69) is 17.2 Å². The van der Waals surface area contributed by atoms with Crippen LogP contribution in [-0.4, -0.2) is 10.9 Å². The number of rotatable bonds is 7. The fourth-order valence-electron chi connectivity index (χ4n) is 1.74. The Bertz CT molecular complexity index is 393. The lowest BCUT2D eigenvalue weighted by molar-refractivity contribution is -0.116. The van der Waals surface area contributed by atoms with Gasteiger partial charge < -0.3 is 5.32 Å². The highest BCUT2D eigenvalue weighted by Gasteiger charge is 2.06.